The number of rotatable bonds is 8. The van der Waals surface area contributed by atoms with E-state index in [1.807, 2.05) is 0 Å². The molecule has 0 aromatic rings. The van der Waals surface area contributed by atoms with E-state index in [2.05, 4.69) is 37.9 Å². The summed E-state index contributed by atoms with van der Waals surface area (Å²) >= 11 is 0. The van der Waals surface area contributed by atoms with E-state index >= 15 is 0 Å². The van der Waals surface area contributed by atoms with Gasteiger partial charge in [0.1, 0.15) is 0 Å². The predicted octanol–water partition coefficient (Wildman–Crippen LogP) is 3.67. The molecule has 2 unspecified atom stereocenters. The normalized spacial score (nSPS) is 25.8. The zero-order chi connectivity index (χ0) is 13.4. The Kier molecular flexibility index (Phi) is 7.92. The largest absolute Gasteiger partial charge is 0.311 e. The number of hydrogen-bond acceptors (Lipinski definition) is 2. The first-order chi connectivity index (χ1) is 8.63. The van der Waals surface area contributed by atoms with Gasteiger partial charge in [0.2, 0.25) is 0 Å². The van der Waals surface area contributed by atoms with Crippen LogP contribution < -0.4 is 5.32 Å². The van der Waals surface area contributed by atoms with Gasteiger partial charge in [-0.05, 0) is 32.2 Å². The minimum Gasteiger partial charge on any atom is -0.311 e. The summed E-state index contributed by atoms with van der Waals surface area (Å²) in [6.07, 6.45) is 8.32. The van der Waals surface area contributed by atoms with Crippen LogP contribution in [0.15, 0.2) is 0 Å². The zero-order valence-corrected chi connectivity index (χ0v) is 13.0. The standard InChI is InChI=1S/C16H34N2/c1-5-16-13-18(15(4)12-17-16)11-9-7-6-8-10-14(2)3/h14-17H,5-13H2,1-4H3. The molecule has 1 N–H and O–H groups in total. The third kappa shape index (κ3) is 6.19. The van der Waals surface area contributed by atoms with E-state index in [4.69, 9.17) is 0 Å². The van der Waals surface area contributed by atoms with Crippen molar-refractivity contribution in [2.75, 3.05) is 19.6 Å². The summed E-state index contributed by atoms with van der Waals surface area (Å²) in [7, 11) is 0. The molecule has 0 spiro atoms. The van der Waals surface area contributed by atoms with Gasteiger partial charge in [0.05, 0.1) is 0 Å². The number of nitrogens with one attached hydrogen (secondary N) is 1. The van der Waals surface area contributed by atoms with Crippen LogP contribution in [0.1, 0.15) is 66.2 Å². The van der Waals surface area contributed by atoms with Gasteiger partial charge < -0.3 is 5.32 Å². The first-order valence-corrected chi connectivity index (χ1v) is 8.11. The number of unbranched alkanes of at least 4 members (excludes halogenated alkanes) is 3. The van der Waals surface area contributed by atoms with Crippen LogP contribution in [0.2, 0.25) is 0 Å². The lowest BCUT2D eigenvalue weighted by molar-refractivity contribution is 0.136. The molecular weight excluding hydrogens is 220 g/mol. The van der Waals surface area contributed by atoms with E-state index in [1.165, 1.54) is 58.2 Å². The zero-order valence-electron chi connectivity index (χ0n) is 13.0. The quantitative estimate of drug-likeness (QED) is 0.665. The van der Waals surface area contributed by atoms with Crippen molar-refractivity contribution in [2.45, 2.75) is 78.3 Å². The van der Waals surface area contributed by atoms with E-state index in [9.17, 15) is 0 Å². The molecule has 18 heavy (non-hydrogen) atoms. The Bertz CT molecular complexity index is 203. The molecule has 0 bridgehead atoms. The van der Waals surface area contributed by atoms with Gasteiger partial charge in [-0.2, -0.15) is 0 Å². The molecule has 1 aliphatic rings. The highest BCUT2D eigenvalue weighted by Gasteiger charge is 2.22. The number of piperazine rings is 1. The molecule has 0 aromatic heterocycles. The van der Waals surface area contributed by atoms with E-state index in [1.54, 1.807) is 0 Å². The van der Waals surface area contributed by atoms with E-state index in [0.29, 0.717) is 0 Å². The molecule has 108 valence electrons. The topological polar surface area (TPSA) is 15.3 Å². The van der Waals surface area contributed by atoms with Crippen LogP contribution in [0.5, 0.6) is 0 Å². The van der Waals surface area contributed by atoms with Crippen molar-refractivity contribution in [1.29, 1.82) is 0 Å². The Morgan fingerprint density at radius 3 is 2.56 bits per heavy atom. The first kappa shape index (κ1) is 16.0. The van der Waals surface area contributed by atoms with Crippen molar-refractivity contribution >= 4 is 0 Å². The van der Waals surface area contributed by atoms with E-state index < -0.39 is 0 Å². The molecule has 1 heterocycles. The fraction of sp³-hybridized carbons (Fsp3) is 1.00. The van der Waals surface area contributed by atoms with Crippen molar-refractivity contribution in [2.24, 2.45) is 5.92 Å². The van der Waals surface area contributed by atoms with Crippen molar-refractivity contribution in [1.82, 2.24) is 10.2 Å². The molecular formula is C16H34N2. The summed E-state index contributed by atoms with van der Waals surface area (Å²) in [5.41, 5.74) is 0. The molecule has 1 rings (SSSR count). The lowest BCUT2D eigenvalue weighted by Gasteiger charge is -2.38. The molecule has 2 heteroatoms. The van der Waals surface area contributed by atoms with Crippen LogP contribution in [0.25, 0.3) is 0 Å². The molecule has 1 fully saturated rings. The maximum Gasteiger partial charge on any atom is 0.0193 e. The Balaban J connectivity index is 2.06. The fourth-order valence-electron chi connectivity index (χ4n) is 2.80. The Hall–Kier alpha value is -0.0800. The minimum absolute atomic E-state index is 0.724. The Labute approximate surface area is 115 Å². The highest BCUT2D eigenvalue weighted by Crippen LogP contribution is 2.13. The second-order valence-corrected chi connectivity index (χ2v) is 6.45. The van der Waals surface area contributed by atoms with Gasteiger partial charge in [-0.25, -0.2) is 0 Å². The molecule has 0 radical (unpaired) electrons. The van der Waals surface area contributed by atoms with Crippen molar-refractivity contribution in [3.05, 3.63) is 0 Å². The summed E-state index contributed by atoms with van der Waals surface area (Å²) in [5.74, 6) is 0.878. The average Bonchev–Trinajstić information content (AvgIpc) is 2.35. The minimum atomic E-state index is 0.724. The van der Waals surface area contributed by atoms with Gasteiger partial charge in [0.25, 0.3) is 0 Å². The second-order valence-electron chi connectivity index (χ2n) is 6.45. The van der Waals surface area contributed by atoms with Crippen LogP contribution in [0.4, 0.5) is 0 Å². The summed E-state index contributed by atoms with van der Waals surface area (Å²) < 4.78 is 0. The van der Waals surface area contributed by atoms with E-state index in [0.717, 1.165) is 18.0 Å². The first-order valence-electron chi connectivity index (χ1n) is 8.11. The highest BCUT2D eigenvalue weighted by atomic mass is 15.2. The van der Waals surface area contributed by atoms with Crippen LogP contribution in [-0.2, 0) is 0 Å². The SMILES string of the molecule is CCC1CN(CCCCCCC(C)C)C(C)CN1. The molecule has 0 saturated carbocycles. The van der Waals surface area contributed by atoms with Crippen LogP contribution in [0, 0.1) is 5.92 Å². The lowest BCUT2D eigenvalue weighted by Crippen LogP contribution is -2.55. The predicted molar refractivity (Wildman–Crippen MR) is 81.0 cm³/mol. The van der Waals surface area contributed by atoms with Crippen molar-refractivity contribution in [3.8, 4) is 0 Å². The monoisotopic (exact) mass is 254 g/mol. The smallest absolute Gasteiger partial charge is 0.0193 e. The maximum absolute atomic E-state index is 3.63. The fourth-order valence-corrected chi connectivity index (χ4v) is 2.80. The van der Waals surface area contributed by atoms with Crippen molar-refractivity contribution in [3.63, 3.8) is 0 Å². The summed E-state index contributed by atoms with van der Waals surface area (Å²) in [6.45, 7) is 13.0. The van der Waals surface area contributed by atoms with Gasteiger partial charge in [-0.1, -0.05) is 46.5 Å². The third-order valence-corrected chi connectivity index (χ3v) is 4.25. The highest BCUT2D eigenvalue weighted by molar-refractivity contribution is 4.82. The summed E-state index contributed by atoms with van der Waals surface area (Å²) in [5, 5.41) is 3.63. The Morgan fingerprint density at radius 1 is 1.17 bits per heavy atom. The molecule has 0 aromatic carbocycles. The molecule has 0 aliphatic carbocycles. The van der Waals surface area contributed by atoms with Crippen LogP contribution in [-0.4, -0.2) is 36.6 Å². The number of nitrogens with zero attached hydrogens (tertiary/aromatic N) is 1. The summed E-state index contributed by atoms with van der Waals surface area (Å²) in [4.78, 5) is 2.69. The average molecular weight is 254 g/mol. The van der Waals surface area contributed by atoms with Crippen LogP contribution >= 0.6 is 0 Å². The van der Waals surface area contributed by atoms with E-state index in [-0.39, 0.29) is 0 Å². The second kappa shape index (κ2) is 8.92. The molecule has 2 atom stereocenters. The molecule has 0 amide bonds. The van der Waals surface area contributed by atoms with Gasteiger partial charge in [0.15, 0.2) is 0 Å². The lowest BCUT2D eigenvalue weighted by atomic mass is 10.0. The maximum atomic E-state index is 3.63. The van der Waals surface area contributed by atoms with Gasteiger partial charge in [-0.3, -0.25) is 4.90 Å². The van der Waals surface area contributed by atoms with Crippen LogP contribution in [0.3, 0.4) is 0 Å². The van der Waals surface area contributed by atoms with Gasteiger partial charge in [-0.15, -0.1) is 0 Å². The number of hydrogen-bond donors (Lipinski definition) is 1. The van der Waals surface area contributed by atoms with Gasteiger partial charge in [0, 0.05) is 25.2 Å². The third-order valence-electron chi connectivity index (χ3n) is 4.25. The molecule has 2 nitrogen and oxygen atoms in total. The molecule has 1 aliphatic heterocycles. The molecule has 1 saturated heterocycles. The Morgan fingerprint density at radius 2 is 1.89 bits per heavy atom. The van der Waals surface area contributed by atoms with Gasteiger partial charge >= 0.3 is 0 Å². The van der Waals surface area contributed by atoms with Crippen molar-refractivity contribution < 1.29 is 0 Å². The summed E-state index contributed by atoms with van der Waals surface area (Å²) in [6, 6.07) is 1.45.